The summed E-state index contributed by atoms with van der Waals surface area (Å²) in [5.74, 6) is -0.367. The van der Waals surface area contributed by atoms with Crippen molar-refractivity contribution in [2.45, 2.75) is 51.0 Å². The van der Waals surface area contributed by atoms with E-state index in [1.807, 2.05) is 0 Å². The summed E-state index contributed by atoms with van der Waals surface area (Å²) in [5.41, 5.74) is -2.40. The molecule has 2 aliphatic heterocycles. The van der Waals surface area contributed by atoms with Gasteiger partial charge in [0.15, 0.2) is 5.78 Å². The summed E-state index contributed by atoms with van der Waals surface area (Å²) in [6.07, 6.45) is -4.68. The summed E-state index contributed by atoms with van der Waals surface area (Å²) >= 11 is 0. The van der Waals surface area contributed by atoms with Gasteiger partial charge >= 0.3 is 12.3 Å². The summed E-state index contributed by atoms with van der Waals surface area (Å²) < 4.78 is 50.0. The van der Waals surface area contributed by atoms with Crippen LogP contribution >= 0.6 is 0 Å². The molecule has 0 bridgehead atoms. The fourth-order valence-corrected chi connectivity index (χ4v) is 3.23. The van der Waals surface area contributed by atoms with Gasteiger partial charge in [0.1, 0.15) is 17.0 Å². The predicted octanol–water partition coefficient (Wildman–Crippen LogP) is 4.05. The summed E-state index contributed by atoms with van der Waals surface area (Å²) in [5, 5.41) is 0. The van der Waals surface area contributed by atoms with Crippen LogP contribution in [0.2, 0.25) is 0 Å². The Bertz CT molecular complexity index is 754. The quantitative estimate of drug-likeness (QED) is 0.690. The fourth-order valence-electron chi connectivity index (χ4n) is 3.23. The van der Waals surface area contributed by atoms with Crippen LogP contribution in [-0.2, 0) is 10.9 Å². The van der Waals surface area contributed by atoms with E-state index in [2.05, 4.69) is 0 Å². The lowest BCUT2D eigenvalue weighted by Crippen LogP contribution is -2.46. The van der Waals surface area contributed by atoms with Gasteiger partial charge in [-0.25, -0.2) is 4.79 Å². The van der Waals surface area contributed by atoms with Crippen molar-refractivity contribution in [1.82, 2.24) is 4.90 Å². The van der Waals surface area contributed by atoms with Crippen LogP contribution in [0, 0.1) is 0 Å². The number of halogens is 3. The topological polar surface area (TPSA) is 55.8 Å². The zero-order chi connectivity index (χ0) is 19.3. The van der Waals surface area contributed by atoms with E-state index in [1.54, 1.807) is 20.8 Å². The molecule has 1 saturated heterocycles. The second-order valence-corrected chi connectivity index (χ2v) is 7.75. The summed E-state index contributed by atoms with van der Waals surface area (Å²) in [6, 6.07) is 2.87. The van der Waals surface area contributed by atoms with Gasteiger partial charge in [0.2, 0.25) is 0 Å². The third-order valence-corrected chi connectivity index (χ3v) is 4.39. The van der Waals surface area contributed by atoms with Gasteiger partial charge in [-0.15, -0.1) is 0 Å². The Morgan fingerprint density at radius 2 is 1.96 bits per heavy atom. The molecule has 1 amide bonds. The maximum absolute atomic E-state index is 12.9. The minimum atomic E-state index is -4.52. The van der Waals surface area contributed by atoms with Crippen molar-refractivity contribution in [1.29, 1.82) is 0 Å². The van der Waals surface area contributed by atoms with Gasteiger partial charge in [-0.1, -0.05) is 0 Å². The van der Waals surface area contributed by atoms with Crippen LogP contribution in [0.4, 0.5) is 18.0 Å². The molecule has 1 unspecified atom stereocenters. The van der Waals surface area contributed by atoms with Gasteiger partial charge in [0.25, 0.3) is 0 Å². The van der Waals surface area contributed by atoms with Gasteiger partial charge in [-0.2, -0.15) is 13.2 Å². The number of ketones is 1. The van der Waals surface area contributed by atoms with Crippen LogP contribution in [0.15, 0.2) is 18.2 Å². The standard InChI is InChI=1S/C18H20F3NO4/c1-16(2,3)26-15(24)22-7-6-17(10-22)9-13(23)12-5-4-11(18(19,20)21)8-14(12)25-17/h4-5,8H,6-7,9-10H2,1-3H3. The predicted molar refractivity (Wildman–Crippen MR) is 86.2 cm³/mol. The van der Waals surface area contributed by atoms with E-state index in [0.717, 1.165) is 18.2 Å². The van der Waals surface area contributed by atoms with E-state index in [9.17, 15) is 22.8 Å². The number of carbonyl (C=O) groups excluding carboxylic acids is 2. The van der Waals surface area contributed by atoms with Crippen LogP contribution in [0.25, 0.3) is 0 Å². The zero-order valence-electron chi connectivity index (χ0n) is 14.8. The number of ether oxygens (including phenoxy) is 2. The largest absolute Gasteiger partial charge is 0.484 e. The molecule has 8 heteroatoms. The first-order chi connectivity index (χ1) is 11.9. The van der Waals surface area contributed by atoms with E-state index in [4.69, 9.17) is 9.47 Å². The highest BCUT2D eigenvalue weighted by atomic mass is 19.4. The van der Waals surface area contributed by atoms with Crippen molar-refractivity contribution in [2.75, 3.05) is 13.1 Å². The van der Waals surface area contributed by atoms with E-state index in [1.165, 1.54) is 4.90 Å². The van der Waals surface area contributed by atoms with Gasteiger partial charge in [-0.05, 0) is 39.0 Å². The Kier molecular flexibility index (Phi) is 4.20. The number of amides is 1. The highest BCUT2D eigenvalue weighted by Gasteiger charge is 2.48. The Morgan fingerprint density at radius 1 is 1.27 bits per heavy atom. The molecule has 2 aliphatic rings. The Labute approximate surface area is 149 Å². The fraction of sp³-hybridized carbons (Fsp3) is 0.556. The Morgan fingerprint density at radius 3 is 2.58 bits per heavy atom. The monoisotopic (exact) mass is 371 g/mol. The van der Waals surface area contributed by atoms with Crippen molar-refractivity contribution in [3.63, 3.8) is 0 Å². The highest BCUT2D eigenvalue weighted by Crippen LogP contribution is 2.41. The molecule has 0 aliphatic carbocycles. The number of fused-ring (bicyclic) bond motifs is 1. The first kappa shape index (κ1) is 18.5. The normalized spacial score (nSPS) is 23.0. The number of Topliss-reactive ketones (excluding diaryl/α,β-unsaturated/α-hetero) is 1. The molecule has 1 atom stereocenters. The number of rotatable bonds is 0. The molecule has 2 heterocycles. The molecule has 0 N–H and O–H groups in total. The maximum atomic E-state index is 12.9. The number of likely N-dealkylation sites (tertiary alicyclic amines) is 1. The Hall–Kier alpha value is -2.25. The van der Waals surface area contributed by atoms with Crippen LogP contribution in [0.3, 0.4) is 0 Å². The molecule has 142 valence electrons. The second kappa shape index (κ2) is 5.89. The van der Waals surface area contributed by atoms with Crippen LogP contribution in [-0.4, -0.2) is 41.1 Å². The molecule has 1 fully saturated rings. The van der Waals surface area contributed by atoms with Crippen molar-refractivity contribution in [2.24, 2.45) is 0 Å². The average molecular weight is 371 g/mol. The van der Waals surface area contributed by atoms with Crippen molar-refractivity contribution >= 4 is 11.9 Å². The smallest absolute Gasteiger partial charge is 0.416 e. The number of hydrogen-bond acceptors (Lipinski definition) is 4. The van der Waals surface area contributed by atoms with Crippen LogP contribution < -0.4 is 4.74 Å². The molecule has 0 aromatic heterocycles. The first-order valence-corrected chi connectivity index (χ1v) is 8.30. The lowest BCUT2D eigenvalue weighted by atomic mass is 9.89. The van der Waals surface area contributed by atoms with Gasteiger partial charge in [-0.3, -0.25) is 4.79 Å². The van der Waals surface area contributed by atoms with E-state index in [-0.39, 0.29) is 30.1 Å². The van der Waals surface area contributed by atoms with E-state index >= 15 is 0 Å². The second-order valence-electron chi connectivity index (χ2n) is 7.75. The molecule has 1 aromatic rings. The van der Waals surface area contributed by atoms with Crippen LogP contribution in [0.5, 0.6) is 5.75 Å². The minimum Gasteiger partial charge on any atom is -0.484 e. The third-order valence-electron chi connectivity index (χ3n) is 4.39. The number of carbonyl (C=O) groups is 2. The molecule has 0 radical (unpaired) electrons. The zero-order valence-corrected chi connectivity index (χ0v) is 14.8. The highest BCUT2D eigenvalue weighted by molar-refractivity contribution is 6.00. The number of hydrogen-bond donors (Lipinski definition) is 0. The van der Waals surface area contributed by atoms with E-state index in [0.29, 0.717) is 13.0 Å². The molecule has 1 aromatic carbocycles. The average Bonchev–Trinajstić information content (AvgIpc) is 2.87. The molecule has 0 saturated carbocycles. The van der Waals surface area contributed by atoms with Gasteiger partial charge in [0, 0.05) is 13.0 Å². The maximum Gasteiger partial charge on any atom is 0.416 e. The van der Waals surface area contributed by atoms with Gasteiger partial charge in [0.05, 0.1) is 24.1 Å². The lowest BCUT2D eigenvalue weighted by molar-refractivity contribution is -0.137. The van der Waals surface area contributed by atoms with Crippen molar-refractivity contribution in [3.8, 4) is 5.75 Å². The van der Waals surface area contributed by atoms with E-state index < -0.39 is 29.0 Å². The Balaban J connectivity index is 1.82. The summed E-state index contributed by atoms with van der Waals surface area (Å²) in [4.78, 5) is 26.1. The van der Waals surface area contributed by atoms with Gasteiger partial charge < -0.3 is 14.4 Å². The summed E-state index contributed by atoms with van der Waals surface area (Å²) in [7, 11) is 0. The van der Waals surface area contributed by atoms with Crippen LogP contribution in [0.1, 0.15) is 49.5 Å². The summed E-state index contributed by atoms with van der Waals surface area (Å²) in [6.45, 7) is 5.64. The van der Waals surface area contributed by atoms with Crippen molar-refractivity contribution in [3.05, 3.63) is 29.3 Å². The molecule has 1 spiro atoms. The van der Waals surface area contributed by atoms with Crippen molar-refractivity contribution < 1.29 is 32.2 Å². The minimum absolute atomic E-state index is 0.0185. The first-order valence-electron chi connectivity index (χ1n) is 8.30. The lowest BCUT2D eigenvalue weighted by Gasteiger charge is -2.35. The molecular weight excluding hydrogens is 351 g/mol. The SMILES string of the molecule is CC(C)(C)OC(=O)N1CCC2(CC(=O)c3ccc(C(F)(F)F)cc3O2)C1. The third kappa shape index (κ3) is 3.64. The molecule has 3 rings (SSSR count). The molecule has 5 nitrogen and oxygen atoms in total. The molecule has 26 heavy (non-hydrogen) atoms. The number of alkyl halides is 3. The molecular formula is C18H20F3NO4. The number of nitrogens with zero attached hydrogens (tertiary/aromatic N) is 1. The number of benzene rings is 1.